The summed E-state index contributed by atoms with van der Waals surface area (Å²) in [4.78, 5) is 2.30. The lowest BCUT2D eigenvalue weighted by molar-refractivity contribution is 0.0679. The highest BCUT2D eigenvalue weighted by molar-refractivity contribution is 9.11. The van der Waals surface area contributed by atoms with E-state index in [-0.39, 0.29) is 0 Å². The van der Waals surface area contributed by atoms with Gasteiger partial charge >= 0.3 is 0 Å². The van der Waals surface area contributed by atoms with E-state index in [1.165, 1.54) is 9.35 Å². The molecule has 1 N–H and O–H groups in total. The topological polar surface area (TPSA) is 23.5 Å². The molecule has 78 valence electrons. The van der Waals surface area contributed by atoms with Crippen molar-refractivity contribution < 1.29 is 5.11 Å². The number of likely N-dealkylation sites (tertiary alicyclic amines) is 1. The summed E-state index contributed by atoms with van der Waals surface area (Å²) in [5, 5.41) is 11.9. The van der Waals surface area contributed by atoms with Gasteiger partial charge in [0.1, 0.15) is 0 Å². The number of hydrogen-bond donors (Lipinski definition) is 1. The molecule has 1 aliphatic rings. The highest BCUT2D eigenvalue weighted by Gasteiger charge is 2.31. The first-order chi connectivity index (χ1) is 6.57. The zero-order valence-electron chi connectivity index (χ0n) is 8.16. The Kier molecular flexibility index (Phi) is 2.98. The summed E-state index contributed by atoms with van der Waals surface area (Å²) in [5.41, 5.74) is 0.843. The van der Waals surface area contributed by atoms with E-state index in [9.17, 15) is 5.11 Å². The SMILES string of the molecule is CC1(O)CCN(Cc2ccsc2Br)C1. The van der Waals surface area contributed by atoms with Crippen LogP contribution in [0.5, 0.6) is 0 Å². The Morgan fingerprint density at radius 2 is 2.50 bits per heavy atom. The third kappa shape index (κ3) is 2.37. The molecule has 1 unspecified atom stereocenters. The van der Waals surface area contributed by atoms with E-state index >= 15 is 0 Å². The Morgan fingerprint density at radius 1 is 1.71 bits per heavy atom. The van der Waals surface area contributed by atoms with E-state index in [4.69, 9.17) is 0 Å². The molecule has 1 saturated heterocycles. The van der Waals surface area contributed by atoms with E-state index in [2.05, 4.69) is 32.3 Å². The predicted octanol–water partition coefficient (Wildman–Crippen LogP) is 2.47. The van der Waals surface area contributed by atoms with Crippen LogP contribution < -0.4 is 0 Å². The van der Waals surface area contributed by atoms with E-state index in [0.717, 1.165) is 26.1 Å². The van der Waals surface area contributed by atoms with Crippen molar-refractivity contribution in [1.82, 2.24) is 4.90 Å². The molecule has 0 amide bonds. The molecular formula is C10H14BrNOS. The van der Waals surface area contributed by atoms with Crippen LogP contribution in [0, 0.1) is 0 Å². The third-order valence-corrected chi connectivity index (χ3v) is 4.43. The molecule has 4 heteroatoms. The lowest BCUT2D eigenvalue weighted by atomic mass is 10.1. The molecule has 1 atom stereocenters. The number of nitrogens with zero attached hydrogens (tertiary/aromatic N) is 1. The van der Waals surface area contributed by atoms with Crippen molar-refractivity contribution in [3.05, 3.63) is 20.8 Å². The summed E-state index contributed by atoms with van der Waals surface area (Å²) in [6.45, 7) is 4.64. The minimum Gasteiger partial charge on any atom is -0.389 e. The second kappa shape index (κ2) is 3.93. The Labute approximate surface area is 96.7 Å². The molecule has 1 fully saturated rings. The third-order valence-electron chi connectivity index (χ3n) is 2.62. The Balaban J connectivity index is 1.97. The Morgan fingerprint density at radius 3 is 3.00 bits per heavy atom. The summed E-state index contributed by atoms with van der Waals surface area (Å²) in [6.07, 6.45) is 0.884. The zero-order chi connectivity index (χ0) is 10.2. The van der Waals surface area contributed by atoms with Gasteiger partial charge in [0.15, 0.2) is 0 Å². The summed E-state index contributed by atoms with van der Waals surface area (Å²) in [6, 6.07) is 2.14. The van der Waals surface area contributed by atoms with E-state index in [1.54, 1.807) is 11.3 Å². The Hall–Kier alpha value is 0.100. The van der Waals surface area contributed by atoms with Crippen molar-refractivity contribution in [3.8, 4) is 0 Å². The molecule has 2 nitrogen and oxygen atoms in total. The van der Waals surface area contributed by atoms with Gasteiger partial charge in [-0.15, -0.1) is 11.3 Å². The van der Waals surface area contributed by atoms with Crippen LogP contribution in [0.4, 0.5) is 0 Å². The molecule has 0 bridgehead atoms. The molecule has 0 aliphatic carbocycles. The number of β-amino-alcohol motifs (C(OH)–C–C–N with tert-alkyl or cyclic N) is 1. The molecule has 2 heterocycles. The average molecular weight is 276 g/mol. The van der Waals surface area contributed by atoms with Gasteiger partial charge in [-0.05, 0) is 46.3 Å². The van der Waals surface area contributed by atoms with Crippen LogP contribution in [-0.2, 0) is 6.54 Å². The van der Waals surface area contributed by atoms with Crippen LogP contribution in [0.1, 0.15) is 18.9 Å². The van der Waals surface area contributed by atoms with Gasteiger partial charge < -0.3 is 5.11 Å². The van der Waals surface area contributed by atoms with Crippen molar-refractivity contribution in [2.75, 3.05) is 13.1 Å². The highest BCUT2D eigenvalue weighted by Crippen LogP contribution is 2.27. The molecule has 1 aromatic heterocycles. The summed E-state index contributed by atoms with van der Waals surface area (Å²) in [5.74, 6) is 0. The normalized spacial score (nSPS) is 28.5. The lowest BCUT2D eigenvalue weighted by Gasteiger charge is -2.18. The number of thiophene rings is 1. The molecule has 0 spiro atoms. The van der Waals surface area contributed by atoms with Crippen LogP contribution in [0.3, 0.4) is 0 Å². The van der Waals surface area contributed by atoms with Crippen molar-refractivity contribution in [3.63, 3.8) is 0 Å². The van der Waals surface area contributed by atoms with Crippen LogP contribution in [-0.4, -0.2) is 28.7 Å². The number of aliphatic hydroxyl groups is 1. The van der Waals surface area contributed by atoms with Gasteiger partial charge in [0, 0.05) is 19.6 Å². The summed E-state index contributed by atoms with van der Waals surface area (Å²) < 4.78 is 1.21. The predicted molar refractivity (Wildman–Crippen MR) is 62.5 cm³/mol. The van der Waals surface area contributed by atoms with Crippen LogP contribution in [0.15, 0.2) is 15.2 Å². The second-order valence-electron chi connectivity index (χ2n) is 4.18. The fraction of sp³-hybridized carbons (Fsp3) is 0.600. The number of rotatable bonds is 2. The van der Waals surface area contributed by atoms with Crippen LogP contribution in [0.25, 0.3) is 0 Å². The maximum absolute atomic E-state index is 9.81. The second-order valence-corrected chi connectivity index (χ2v) is 6.41. The van der Waals surface area contributed by atoms with Crippen LogP contribution >= 0.6 is 27.3 Å². The standard InChI is InChI=1S/C10H14BrNOS/c1-10(13)3-4-12(7-10)6-8-2-5-14-9(8)11/h2,5,13H,3-4,6-7H2,1H3. The minimum atomic E-state index is -0.484. The van der Waals surface area contributed by atoms with Gasteiger partial charge in [-0.25, -0.2) is 0 Å². The monoisotopic (exact) mass is 275 g/mol. The van der Waals surface area contributed by atoms with Gasteiger partial charge in [-0.2, -0.15) is 0 Å². The highest BCUT2D eigenvalue weighted by atomic mass is 79.9. The van der Waals surface area contributed by atoms with Crippen molar-refractivity contribution in [2.45, 2.75) is 25.5 Å². The fourth-order valence-electron chi connectivity index (χ4n) is 1.85. The summed E-state index contributed by atoms with van der Waals surface area (Å²) in [7, 11) is 0. The number of hydrogen-bond acceptors (Lipinski definition) is 3. The minimum absolute atomic E-state index is 0.484. The first-order valence-electron chi connectivity index (χ1n) is 4.73. The first-order valence-corrected chi connectivity index (χ1v) is 6.41. The van der Waals surface area contributed by atoms with Crippen LogP contribution in [0.2, 0.25) is 0 Å². The van der Waals surface area contributed by atoms with Crippen molar-refractivity contribution in [2.24, 2.45) is 0 Å². The molecular weight excluding hydrogens is 262 g/mol. The number of halogens is 1. The molecule has 0 saturated carbocycles. The quantitative estimate of drug-likeness (QED) is 0.897. The van der Waals surface area contributed by atoms with Gasteiger partial charge in [-0.1, -0.05) is 0 Å². The van der Waals surface area contributed by atoms with Gasteiger partial charge in [-0.3, -0.25) is 4.90 Å². The first kappa shape index (κ1) is 10.6. The molecule has 1 aliphatic heterocycles. The largest absolute Gasteiger partial charge is 0.389 e. The molecule has 0 radical (unpaired) electrons. The lowest BCUT2D eigenvalue weighted by Crippen LogP contribution is -2.29. The smallest absolute Gasteiger partial charge is 0.0758 e. The molecule has 2 rings (SSSR count). The van der Waals surface area contributed by atoms with E-state index in [0.29, 0.717) is 0 Å². The maximum atomic E-state index is 9.81. The van der Waals surface area contributed by atoms with E-state index in [1.807, 2.05) is 6.92 Å². The summed E-state index contributed by atoms with van der Waals surface area (Å²) >= 11 is 5.25. The van der Waals surface area contributed by atoms with Crippen molar-refractivity contribution in [1.29, 1.82) is 0 Å². The molecule has 0 aromatic carbocycles. The van der Waals surface area contributed by atoms with Crippen molar-refractivity contribution >= 4 is 27.3 Å². The molecule has 14 heavy (non-hydrogen) atoms. The maximum Gasteiger partial charge on any atom is 0.0758 e. The van der Waals surface area contributed by atoms with Gasteiger partial charge in [0.2, 0.25) is 0 Å². The van der Waals surface area contributed by atoms with Gasteiger partial charge in [0.25, 0.3) is 0 Å². The van der Waals surface area contributed by atoms with Gasteiger partial charge in [0.05, 0.1) is 9.39 Å². The van der Waals surface area contributed by atoms with E-state index < -0.39 is 5.60 Å². The molecule has 1 aromatic rings. The zero-order valence-corrected chi connectivity index (χ0v) is 10.6. The fourth-order valence-corrected chi connectivity index (χ4v) is 3.06. The Bertz CT molecular complexity index is 324. The average Bonchev–Trinajstić information content (AvgIpc) is 2.61.